The number of hydrogen-bond donors (Lipinski definition) is 2. The summed E-state index contributed by atoms with van der Waals surface area (Å²) < 4.78 is 5.85. The predicted molar refractivity (Wildman–Crippen MR) is 79.5 cm³/mol. The summed E-state index contributed by atoms with van der Waals surface area (Å²) in [5.74, 6) is -0.378. The largest absolute Gasteiger partial charge is 0.375 e. The van der Waals surface area contributed by atoms with Crippen molar-refractivity contribution in [3.8, 4) is 0 Å². The van der Waals surface area contributed by atoms with Crippen LogP contribution >= 0.6 is 0 Å². The summed E-state index contributed by atoms with van der Waals surface area (Å²) >= 11 is 0. The van der Waals surface area contributed by atoms with Crippen LogP contribution in [0.3, 0.4) is 0 Å². The summed E-state index contributed by atoms with van der Waals surface area (Å²) in [7, 11) is 0. The molecule has 4 nitrogen and oxygen atoms in total. The minimum Gasteiger partial charge on any atom is -0.375 e. The van der Waals surface area contributed by atoms with Gasteiger partial charge in [-0.05, 0) is 43.9 Å². The van der Waals surface area contributed by atoms with Crippen LogP contribution in [0.15, 0.2) is 24.3 Å². The molecule has 0 aliphatic carbocycles. The normalized spacial score (nSPS) is 26.4. The van der Waals surface area contributed by atoms with Gasteiger partial charge in [0.1, 0.15) is 0 Å². The van der Waals surface area contributed by atoms with Crippen LogP contribution in [0.2, 0.25) is 0 Å². The molecule has 20 heavy (non-hydrogen) atoms. The number of rotatable bonds is 5. The maximum atomic E-state index is 11.2. The van der Waals surface area contributed by atoms with Crippen molar-refractivity contribution in [2.24, 2.45) is 5.73 Å². The molecule has 1 aromatic carbocycles. The zero-order chi connectivity index (χ0) is 14.6. The number of benzene rings is 1. The van der Waals surface area contributed by atoms with E-state index in [4.69, 9.17) is 10.5 Å². The van der Waals surface area contributed by atoms with Gasteiger partial charge in [0.2, 0.25) is 5.91 Å². The van der Waals surface area contributed by atoms with E-state index in [-0.39, 0.29) is 11.5 Å². The van der Waals surface area contributed by atoms with Crippen LogP contribution in [0.25, 0.3) is 0 Å². The maximum Gasteiger partial charge on any atom is 0.248 e. The lowest BCUT2D eigenvalue weighted by Crippen LogP contribution is -2.44. The molecular weight excluding hydrogens is 252 g/mol. The Balaban J connectivity index is 1.92. The number of nitrogens with one attached hydrogen (secondary N) is 1. The summed E-state index contributed by atoms with van der Waals surface area (Å²) in [5, 5.41) is 3.56. The molecule has 110 valence electrons. The van der Waals surface area contributed by atoms with Crippen LogP contribution in [0.4, 0.5) is 0 Å². The van der Waals surface area contributed by atoms with Crippen molar-refractivity contribution < 1.29 is 9.53 Å². The second-order valence-electron chi connectivity index (χ2n) is 5.79. The summed E-state index contributed by atoms with van der Waals surface area (Å²) in [4.78, 5) is 11.2. The Kier molecular flexibility index (Phi) is 4.78. The smallest absolute Gasteiger partial charge is 0.248 e. The third-order valence-electron chi connectivity index (χ3n) is 4.15. The van der Waals surface area contributed by atoms with Gasteiger partial charge in [0, 0.05) is 24.8 Å². The molecule has 0 radical (unpaired) electrons. The van der Waals surface area contributed by atoms with Gasteiger partial charge in [-0.15, -0.1) is 0 Å². The highest BCUT2D eigenvalue weighted by Crippen LogP contribution is 2.27. The van der Waals surface area contributed by atoms with Crippen LogP contribution in [0.1, 0.15) is 49.0 Å². The fourth-order valence-corrected chi connectivity index (χ4v) is 2.65. The average Bonchev–Trinajstić information content (AvgIpc) is 2.45. The molecule has 3 N–H and O–H groups in total. The fourth-order valence-electron chi connectivity index (χ4n) is 2.65. The van der Waals surface area contributed by atoms with Gasteiger partial charge in [-0.2, -0.15) is 0 Å². The molecule has 2 rings (SSSR count). The van der Waals surface area contributed by atoms with Gasteiger partial charge in [-0.25, -0.2) is 0 Å². The third kappa shape index (κ3) is 3.81. The molecule has 2 atom stereocenters. The third-order valence-corrected chi connectivity index (χ3v) is 4.15. The van der Waals surface area contributed by atoms with Crippen molar-refractivity contribution in [2.75, 3.05) is 6.61 Å². The molecule has 2 unspecified atom stereocenters. The van der Waals surface area contributed by atoms with Crippen LogP contribution in [0.5, 0.6) is 0 Å². The minimum atomic E-state index is -0.378. The number of primary amides is 1. The highest BCUT2D eigenvalue weighted by atomic mass is 16.5. The lowest BCUT2D eigenvalue weighted by atomic mass is 9.90. The highest BCUT2D eigenvalue weighted by molar-refractivity contribution is 5.92. The lowest BCUT2D eigenvalue weighted by molar-refractivity contribution is -0.0781. The summed E-state index contributed by atoms with van der Waals surface area (Å²) in [6, 6.07) is 7.95. The zero-order valence-corrected chi connectivity index (χ0v) is 12.3. The van der Waals surface area contributed by atoms with E-state index in [9.17, 15) is 4.79 Å². The maximum absolute atomic E-state index is 11.2. The first-order valence-corrected chi connectivity index (χ1v) is 7.28. The van der Waals surface area contributed by atoms with Gasteiger partial charge in [-0.3, -0.25) is 4.79 Å². The molecule has 0 aromatic heterocycles. The summed E-state index contributed by atoms with van der Waals surface area (Å²) in [6.07, 6.45) is 3.09. The van der Waals surface area contributed by atoms with E-state index < -0.39 is 0 Å². The van der Waals surface area contributed by atoms with E-state index in [2.05, 4.69) is 19.2 Å². The topological polar surface area (TPSA) is 64.3 Å². The Morgan fingerprint density at radius 1 is 1.55 bits per heavy atom. The molecule has 1 aliphatic heterocycles. The van der Waals surface area contributed by atoms with Crippen LogP contribution in [0, 0.1) is 0 Å². The van der Waals surface area contributed by atoms with Gasteiger partial charge >= 0.3 is 0 Å². The number of carbonyl (C=O) groups excluding carboxylic acids is 1. The molecular formula is C16H24N2O2. The van der Waals surface area contributed by atoms with Crippen molar-refractivity contribution in [3.63, 3.8) is 0 Å². The van der Waals surface area contributed by atoms with Crippen molar-refractivity contribution in [1.29, 1.82) is 0 Å². The standard InChI is InChI=1S/C16H24N2O2/c1-3-16(2)10-14(7-8-20-16)18-11-12-5-4-6-13(9-12)15(17)19/h4-6,9,14,18H,3,7-8,10-11H2,1-2H3,(H2,17,19). The quantitative estimate of drug-likeness (QED) is 0.866. The van der Waals surface area contributed by atoms with E-state index in [0.29, 0.717) is 11.6 Å². The minimum absolute atomic E-state index is 0.00894. The SMILES string of the molecule is CCC1(C)CC(NCc2cccc(C(N)=O)c2)CCO1. The van der Waals surface area contributed by atoms with E-state index in [1.807, 2.05) is 18.2 Å². The first-order chi connectivity index (χ1) is 9.52. The van der Waals surface area contributed by atoms with Crippen LogP contribution in [-0.4, -0.2) is 24.2 Å². The van der Waals surface area contributed by atoms with Crippen molar-refractivity contribution >= 4 is 5.91 Å². The zero-order valence-electron chi connectivity index (χ0n) is 12.3. The van der Waals surface area contributed by atoms with Crippen molar-refractivity contribution in [2.45, 2.75) is 51.3 Å². The first kappa shape index (κ1) is 15.0. The second kappa shape index (κ2) is 6.37. The highest BCUT2D eigenvalue weighted by Gasteiger charge is 2.31. The molecule has 4 heteroatoms. The van der Waals surface area contributed by atoms with Gasteiger partial charge in [0.05, 0.1) is 5.60 Å². The van der Waals surface area contributed by atoms with Crippen LogP contribution < -0.4 is 11.1 Å². The Labute approximate surface area is 120 Å². The van der Waals surface area contributed by atoms with E-state index in [1.54, 1.807) is 6.07 Å². The summed E-state index contributed by atoms with van der Waals surface area (Å²) in [6.45, 7) is 5.90. The Hall–Kier alpha value is -1.39. The van der Waals surface area contributed by atoms with E-state index in [1.165, 1.54) is 0 Å². The lowest BCUT2D eigenvalue weighted by Gasteiger charge is -2.38. The van der Waals surface area contributed by atoms with Crippen molar-refractivity contribution in [1.82, 2.24) is 5.32 Å². The monoisotopic (exact) mass is 276 g/mol. The van der Waals surface area contributed by atoms with Gasteiger partial charge in [0.25, 0.3) is 0 Å². The summed E-state index contributed by atoms with van der Waals surface area (Å²) in [5.41, 5.74) is 6.94. The number of ether oxygens (including phenoxy) is 1. The Morgan fingerprint density at radius 2 is 2.35 bits per heavy atom. The molecule has 0 spiro atoms. The molecule has 0 saturated carbocycles. The molecule has 1 aliphatic rings. The number of nitrogens with two attached hydrogens (primary N) is 1. The molecule has 1 aromatic rings. The van der Waals surface area contributed by atoms with Crippen LogP contribution in [-0.2, 0) is 11.3 Å². The molecule has 0 bridgehead atoms. The molecule has 1 amide bonds. The van der Waals surface area contributed by atoms with E-state index >= 15 is 0 Å². The Morgan fingerprint density at radius 3 is 3.05 bits per heavy atom. The fraction of sp³-hybridized carbons (Fsp3) is 0.562. The van der Waals surface area contributed by atoms with Gasteiger partial charge in [-0.1, -0.05) is 19.1 Å². The average molecular weight is 276 g/mol. The predicted octanol–water partition coefficient (Wildman–Crippen LogP) is 2.22. The van der Waals surface area contributed by atoms with E-state index in [0.717, 1.165) is 38.0 Å². The molecule has 1 fully saturated rings. The number of carbonyl (C=O) groups is 1. The number of amides is 1. The Bertz CT molecular complexity index is 475. The molecule has 1 saturated heterocycles. The van der Waals surface area contributed by atoms with Gasteiger partial charge in [0.15, 0.2) is 0 Å². The number of hydrogen-bond acceptors (Lipinski definition) is 3. The van der Waals surface area contributed by atoms with Crippen molar-refractivity contribution in [3.05, 3.63) is 35.4 Å². The molecule has 1 heterocycles. The van der Waals surface area contributed by atoms with Gasteiger partial charge < -0.3 is 15.8 Å². The first-order valence-electron chi connectivity index (χ1n) is 7.28. The second-order valence-corrected chi connectivity index (χ2v) is 5.79.